The summed E-state index contributed by atoms with van der Waals surface area (Å²) in [6.07, 6.45) is 4.15. The number of aromatic nitrogens is 2. The largest absolute Gasteiger partial charge is 0.384 e. The van der Waals surface area contributed by atoms with Crippen LogP contribution in [-0.4, -0.2) is 40.4 Å². The Morgan fingerprint density at radius 3 is 2.88 bits per heavy atom. The SMILES string of the molecule is Nc1cc(NCCC(=O)N2CCCC2)ncn1. The molecule has 17 heavy (non-hydrogen) atoms. The van der Waals surface area contributed by atoms with Gasteiger partial charge >= 0.3 is 0 Å². The van der Waals surface area contributed by atoms with Crippen molar-refractivity contribution in [2.24, 2.45) is 0 Å². The minimum atomic E-state index is 0.206. The first kappa shape index (κ1) is 11.6. The number of likely N-dealkylation sites (tertiary alicyclic amines) is 1. The van der Waals surface area contributed by atoms with Gasteiger partial charge in [-0.15, -0.1) is 0 Å². The second-order valence-electron chi connectivity index (χ2n) is 4.09. The highest BCUT2D eigenvalue weighted by molar-refractivity contribution is 5.76. The number of nitrogen functional groups attached to an aromatic ring is 1. The number of anilines is 2. The van der Waals surface area contributed by atoms with Crippen LogP contribution in [0.2, 0.25) is 0 Å². The topological polar surface area (TPSA) is 84.1 Å². The predicted octanol–water partition coefficient (Wildman–Crippen LogP) is 0.483. The van der Waals surface area contributed by atoms with E-state index in [2.05, 4.69) is 15.3 Å². The zero-order chi connectivity index (χ0) is 12.1. The van der Waals surface area contributed by atoms with Crippen molar-refractivity contribution in [3.8, 4) is 0 Å². The molecule has 0 aliphatic carbocycles. The zero-order valence-corrected chi connectivity index (χ0v) is 9.72. The molecule has 0 atom stereocenters. The third-order valence-electron chi connectivity index (χ3n) is 2.79. The Hall–Kier alpha value is -1.85. The lowest BCUT2D eigenvalue weighted by atomic mass is 10.3. The summed E-state index contributed by atoms with van der Waals surface area (Å²) in [6.45, 7) is 2.38. The molecule has 92 valence electrons. The molecule has 6 heteroatoms. The van der Waals surface area contributed by atoms with Gasteiger partial charge in [0.2, 0.25) is 5.91 Å². The molecule has 3 N–H and O–H groups in total. The van der Waals surface area contributed by atoms with Crippen molar-refractivity contribution >= 4 is 17.5 Å². The van der Waals surface area contributed by atoms with Gasteiger partial charge in [-0.05, 0) is 12.8 Å². The number of nitrogens with two attached hydrogens (primary N) is 1. The van der Waals surface area contributed by atoms with E-state index in [1.54, 1.807) is 6.07 Å². The van der Waals surface area contributed by atoms with Gasteiger partial charge in [0, 0.05) is 32.1 Å². The monoisotopic (exact) mass is 235 g/mol. The Morgan fingerprint density at radius 1 is 1.41 bits per heavy atom. The van der Waals surface area contributed by atoms with Crippen LogP contribution >= 0.6 is 0 Å². The molecule has 1 aromatic heterocycles. The number of carbonyl (C=O) groups is 1. The first-order valence-corrected chi connectivity index (χ1v) is 5.85. The van der Waals surface area contributed by atoms with Crippen molar-refractivity contribution in [1.82, 2.24) is 14.9 Å². The average molecular weight is 235 g/mol. The molecular weight excluding hydrogens is 218 g/mol. The van der Waals surface area contributed by atoms with Gasteiger partial charge in [-0.3, -0.25) is 4.79 Å². The number of carbonyl (C=O) groups excluding carboxylic acids is 1. The van der Waals surface area contributed by atoms with Crippen LogP contribution in [0.4, 0.5) is 11.6 Å². The van der Waals surface area contributed by atoms with E-state index in [1.165, 1.54) is 6.33 Å². The smallest absolute Gasteiger partial charge is 0.224 e. The fourth-order valence-electron chi connectivity index (χ4n) is 1.89. The standard InChI is InChI=1S/C11H17N5O/c12-9-7-10(15-8-14-9)13-4-3-11(17)16-5-1-2-6-16/h7-8H,1-6H2,(H3,12,13,14,15). The van der Waals surface area contributed by atoms with Crippen LogP contribution in [0.25, 0.3) is 0 Å². The van der Waals surface area contributed by atoms with Crippen LogP contribution in [0.15, 0.2) is 12.4 Å². The van der Waals surface area contributed by atoms with Gasteiger partial charge in [-0.2, -0.15) is 0 Å². The Bertz CT molecular complexity index is 389. The summed E-state index contributed by atoms with van der Waals surface area (Å²) >= 11 is 0. The molecular formula is C11H17N5O. The fraction of sp³-hybridized carbons (Fsp3) is 0.545. The summed E-state index contributed by atoms with van der Waals surface area (Å²) in [5.74, 6) is 1.29. The van der Waals surface area contributed by atoms with E-state index < -0.39 is 0 Å². The van der Waals surface area contributed by atoms with E-state index in [9.17, 15) is 4.79 Å². The first-order chi connectivity index (χ1) is 8.25. The van der Waals surface area contributed by atoms with Crippen molar-refractivity contribution < 1.29 is 4.79 Å². The number of hydrogen-bond donors (Lipinski definition) is 2. The molecule has 1 saturated heterocycles. The first-order valence-electron chi connectivity index (χ1n) is 5.85. The van der Waals surface area contributed by atoms with E-state index >= 15 is 0 Å². The molecule has 1 amide bonds. The van der Waals surface area contributed by atoms with E-state index in [-0.39, 0.29) is 5.91 Å². The third-order valence-corrected chi connectivity index (χ3v) is 2.79. The lowest BCUT2D eigenvalue weighted by Crippen LogP contribution is -2.29. The third kappa shape index (κ3) is 3.30. The summed E-state index contributed by atoms with van der Waals surface area (Å²) in [7, 11) is 0. The number of nitrogens with one attached hydrogen (secondary N) is 1. The van der Waals surface area contributed by atoms with Gasteiger partial charge in [-0.1, -0.05) is 0 Å². The van der Waals surface area contributed by atoms with Gasteiger partial charge in [0.1, 0.15) is 18.0 Å². The molecule has 1 aliphatic heterocycles. The number of hydrogen-bond acceptors (Lipinski definition) is 5. The van der Waals surface area contributed by atoms with E-state index in [1.807, 2.05) is 4.90 Å². The van der Waals surface area contributed by atoms with Crippen molar-refractivity contribution in [2.45, 2.75) is 19.3 Å². The Kier molecular flexibility index (Phi) is 3.74. The second-order valence-corrected chi connectivity index (χ2v) is 4.09. The Balaban J connectivity index is 1.73. The lowest BCUT2D eigenvalue weighted by molar-refractivity contribution is -0.129. The molecule has 2 heterocycles. The van der Waals surface area contributed by atoms with Crippen molar-refractivity contribution in [1.29, 1.82) is 0 Å². The van der Waals surface area contributed by atoms with Crippen molar-refractivity contribution in [2.75, 3.05) is 30.7 Å². The maximum Gasteiger partial charge on any atom is 0.224 e. The Morgan fingerprint density at radius 2 is 2.18 bits per heavy atom. The van der Waals surface area contributed by atoms with Crippen LogP contribution in [0.5, 0.6) is 0 Å². The molecule has 0 spiro atoms. The minimum absolute atomic E-state index is 0.206. The van der Waals surface area contributed by atoms with Crippen LogP contribution < -0.4 is 11.1 Å². The number of amides is 1. The normalized spacial score (nSPS) is 14.9. The van der Waals surface area contributed by atoms with E-state index in [4.69, 9.17) is 5.73 Å². The molecule has 0 aromatic carbocycles. The zero-order valence-electron chi connectivity index (χ0n) is 9.72. The predicted molar refractivity (Wildman–Crippen MR) is 65.4 cm³/mol. The molecule has 6 nitrogen and oxygen atoms in total. The summed E-state index contributed by atoms with van der Waals surface area (Å²) in [4.78, 5) is 21.4. The molecule has 1 aromatic rings. The molecule has 0 saturated carbocycles. The number of rotatable bonds is 4. The van der Waals surface area contributed by atoms with Crippen molar-refractivity contribution in [3.63, 3.8) is 0 Å². The van der Waals surface area contributed by atoms with Gasteiger partial charge in [0.25, 0.3) is 0 Å². The van der Waals surface area contributed by atoms with Crippen molar-refractivity contribution in [3.05, 3.63) is 12.4 Å². The van der Waals surface area contributed by atoms with E-state index in [0.717, 1.165) is 25.9 Å². The van der Waals surface area contributed by atoms with Gasteiger partial charge in [0.15, 0.2) is 0 Å². The van der Waals surface area contributed by atoms with Crippen LogP contribution in [0.1, 0.15) is 19.3 Å². The maximum atomic E-state index is 11.7. The highest BCUT2D eigenvalue weighted by Gasteiger charge is 2.16. The number of nitrogens with zero attached hydrogens (tertiary/aromatic N) is 3. The average Bonchev–Trinajstić information content (AvgIpc) is 2.82. The van der Waals surface area contributed by atoms with E-state index in [0.29, 0.717) is 24.6 Å². The minimum Gasteiger partial charge on any atom is -0.384 e. The van der Waals surface area contributed by atoms with Crippen LogP contribution in [0, 0.1) is 0 Å². The molecule has 1 aliphatic rings. The summed E-state index contributed by atoms with van der Waals surface area (Å²) in [5.41, 5.74) is 5.52. The molecule has 2 rings (SSSR count). The summed E-state index contributed by atoms with van der Waals surface area (Å²) in [5, 5.41) is 3.06. The highest BCUT2D eigenvalue weighted by Crippen LogP contribution is 2.09. The van der Waals surface area contributed by atoms with Crippen LogP contribution in [0.3, 0.4) is 0 Å². The lowest BCUT2D eigenvalue weighted by Gasteiger charge is -2.15. The van der Waals surface area contributed by atoms with Crippen LogP contribution in [-0.2, 0) is 4.79 Å². The molecule has 0 radical (unpaired) electrons. The molecule has 0 unspecified atom stereocenters. The second kappa shape index (κ2) is 5.47. The van der Waals surface area contributed by atoms with Gasteiger partial charge in [0.05, 0.1) is 0 Å². The summed E-state index contributed by atoms with van der Waals surface area (Å²) < 4.78 is 0. The maximum absolute atomic E-state index is 11.7. The fourth-order valence-corrected chi connectivity index (χ4v) is 1.89. The highest BCUT2D eigenvalue weighted by atomic mass is 16.2. The molecule has 1 fully saturated rings. The quantitative estimate of drug-likeness (QED) is 0.793. The molecule has 0 bridgehead atoms. The Labute approximate surface area is 100 Å². The van der Waals surface area contributed by atoms with Gasteiger partial charge in [-0.25, -0.2) is 9.97 Å². The van der Waals surface area contributed by atoms with Gasteiger partial charge < -0.3 is 16.0 Å². The summed E-state index contributed by atoms with van der Waals surface area (Å²) in [6, 6.07) is 1.65.